The van der Waals surface area contributed by atoms with Gasteiger partial charge in [-0.15, -0.1) is 0 Å². The SMILES string of the molecule is C=Cc1nc2sc3c(-c4ccc(C(C)(C)C)c(-c5cccc6c5Oc5ccccc5[Si]65c6ccccc6Oc6ccccc65)c4C(C)(C)C)cccc3n2c1/C=C\C. The molecule has 0 fully saturated rings. The third kappa shape index (κ3) is 5.14. The van der Waals surface area contributed by atoms with Gasteiger partial charge in [0.2, 0.25) is 0 Å². The van der Waals surface area contributed by atoms with Gasteiger partial charge >= 0.3 is 0 Å². The largest absolute Gasteiger partial charge is 0.458 e. The van der Waals surface area contributed by atoms with Gasteiger partial charge < -0.3 is 9.47 Å². The van der Waals surface area contributed by atoms with Crippen molar-refractivity contribution in [3.05, 3.63) is 156 Å². The van der Waals surface area contributed by atoms with Crippen molar-refractivity contribution < 1.29 is 9.47 Å². The summed E-state index contributed by atoms with van der Waals surface area (Å²) < 4.78 is 17.5. The Hall–Kier alpha value is -5.95. The van der Waals surface area contributed by atoms with E-state index in [-0.39, 0.29) is 10.8 Å². The van der Waals surface area contributed by atoms with E-state index in [0.29, 0.717) is 0 Å². The number of fused-ring (bicyclic) bond motifs is 11. The smallest absolute Gasteiger partial charge is 0.196 e. The quantitative estimate of drug-likeness (QED) is 0.167. The van der Waals surface area contributed by atoms with Gasteiger partial charge in [-0.05, 0) is 97.2 Å². The fraction of sp³-hybridized carbons (Fsp3) is 0.173. The zero-order valence-corrected chi connectivity index (χ0v) is 35.9. The highest BCUT2D eigenvalue weighted by Gasteiger charge is 2.53. The molecule has 0 N–H and O–H groups in total. The highest BCUT2D eigenvalue weighted by atomic mass is 32.1. The molecule has 4 nitrogen and oxygen atoms in total. The molecule has 0 amide bonds. The molecule has 2 aromatic heterocycles. The molecule has 2 aliphatic heterocycles. The van der Waals surface area contributed by atoms with Crippen LogP contribution in [0.4, 0.5) is 0 Å². The molecule has 0 bridgehead atoms. The first-order valence-corrected chi connectivity index (χ1v) is 22.9. The minimum Gasteiger partial charge on any atom is -0.458 e. The molecule has 58 heavy (non-hydrogen) atoms. The van der Waals surface area contributed by atoms with E-state index in [1.54, 1.807) is 11.3 Å². The number of thiazole rings is 1. The summed E-state index contributed by atoms with van der Waals surface area (Å²) in [7, 11) is -2.96. The summed E-state index contributed by atoms with van der Waals surface area (Å²) in [5.41, 5.74) is 10.1. The van der Waals surface area contributed by atoms with Crippen molar-refractivity contribution in [3.63, 3.8) is 0 Å². The number of hydrogen-bond acceptors (Lipinski definition) is 4. The number of ether oxygens (including phenoxy) is 2. The third-order valence-corrected chi connectivity index (χ3v) is 17.9. The van der Waals surface area contributed by atoms with E-state index in [9.17, 15) is 0 Å². The van der Waals surface area contributed by atoms with Crippen LogP contribution in [0.5, 0.6) is 23.0 Å². The molecule has 0 unspecified atom stereocenters. The van der Waals surface area contributed by atoms with Crippen molar-refractivity contribution in [2.45, 2.75) is 59.3 Å². The Morgan fingerprint density at radius 2 is 1.22 bits per heavy atom. The summed E-state index contributed by atoms with van der Waals surface area (Å²) in [5, 5.41) is 4.98. The van der Waals surface area contributed by atoms with Crippen LogP contribution in [0.25, 0.3) is 49.6 Å². The molecule has 0 saturated heterocycles. The van der Waals surface area contributed by atoms with Crippen LogP contribution in [0, 0.1) is 0 Å². The summed E-state index contributed by atoms with van der Waals surface area (Å²) in [5.74, 6) is 3.69. The van der Waals surface area contributed by atoms with Crippen LogP contribution >= 0.6 is 11.3 Å². The summed E-state index contributed by atoms with van der Waals surface area (Å²) in [6, 6.07) is 44.4. The normalized spacial score (nSPS) is 14.2. The van der Waals surface area contributed by atoms with Crippen molar-refractivity contribution in [3.8, 4) is 45.3 Å². The second-order valence-corrected chi connectivity index (χ2v) is 22.1. The lowest BCUT2D eigenvalue weighted by Crippen LogP contribution is -2.77. The fourth-order valence-corrected chi connectivity index (χ4v) is 16.0. The van der Waals surface area contributed by atoms with E-state index >= 15 is 0 Å². The molecule has 6 heteroatoms. The molecule has 286 valence electrons. The maximum absolute atomic E-state index is 7.33. The number of aromatic nitrogens is 2. The Balaban J connectivity index is 1.32. The van der Waals surface area contributed by atoms with E-state index in [0.717, 1.165) is 50.4 Å². The Morgan fingerprint density at radius 1 is 0.638 bits per heavy atom. The van der Waals surface area contributed by atoms with Crippen LogP contribution in [-0.2, 0) is 10.8 Å². The minimum absolute atomic E-state index is 0.172. The summed E-state index contributed by atoms with van der Waals surface area (Å²) in [6.07, 6.45) is 6.06. The van der Waals surface area contributed by atoms with Crippen molar-refractivity contribution in [2.24, 2.45) is 0 Å². The summed E-state index contributed by atoms with van der Waals surface area (Å²) in [6.45, 7) is 20.2. The maximum atomic E-state index is 7.33. The molecular formula is C52H46N2O2SSi. The van der Waals surface area contributed by atoms with E-state index in [2.05, 4.69) is 193 Å². The average molecular weight is 791 g/mol. The van der Waals surface area contributed by atoms with Crippen molar-refractivity contribution in [1.82, 2.24) is 9.38 Å². The number of hydrogen-bond donors (Lipinski definition) is 0. The van der Waals surface area contributed by atoms with Crippen molar-refractivity contribution in [1.29, 1.82) is 0 Å². The number of para-hydroxylation sites is 4. The highest BCUT2D eigenvalue weighted by molar-refractivity contribution is 7.24. The Morgan fingerprint density at radius 3 is 1.83 bits per heavy atom. The third-order valence-electron chi connectivity index (χ3n) is 11.9. The number of imidazole rings is 1. The first-order valence-electron chi connectivity index (χ1n) is 20.1. The first kappa shape index (κ1) is 36.4. The van der Waals surface area contributed by atoms with E-state index in [4.69, 9.17) is 14.5 Å². The molecule has 8 aromatic rings. The summed E-state index contributed by atoms with van der Waals surface area (Å²) in [4.78, 5) is 6.00. The number of nitrogens with zero attached hydrogens (tertiary/aromatic N) is 2. The zero-order chi connectivity index (χ0) is 40.1. The standard InChI is InChI=1S/C52H46N2O2SSi/c1-9-19-37-36(10-2)53-50-54(37)38-22-17-20-33(49(38)57-50)32-30-31-35(51(3,4)5)46(47(32)52(6,7)8)34-21-18-29-45-48(34)56-41-25-13-16-28-44(41)58(45)42-26-14-11-23-39(42)55-40-24-12-15-27-43(40)58/h9-31H,2H2,1,3-8H3/b19-9-. The lowest BCUT2D eigenvalue weighted by Gasteiger charge is -2.43. The van der Waals surface area contributed by atoms with Gasteiger partial charge in [-0.1, -0.05) is 163 Å². The monoisotopic (exact) mass is 790 g/mol. The van der Waals surface area contributed by atoms with Gasteiger partial charge in [-0.2, -0.15) is 0 Å². The summed E-state index contributed by atoms with van der Waals surface area (Å²) >= 11 is 1.75. The molecule has 2 aliphatic rings. The van der Waals surface area contributed by atoms with Gasteiger partial charge in [0.1, 0.15) is 23.0 Å². The lowest BCUT2D eigenvalue weighted by molar-refractivity contribution is 0.482. The lowest BCUT2D eigenvalue weighted by atomic mass is 9.71. The zero-order valence-electron chi connectivity index (χ0n) is 34.1. The molecule has 6 aromatic carbocycles. The van der Waals surface area contributed by atoms with Gasteiger partial charge in [0.25, 0.3) is 0 Å². The molecule has 0 aliphatic carbocycles. The van der Waals surface area contributed by atoms with Gasteiger partial charge in [-0.3, -0.25) is 4.40 Å². The second-order valence-electron chi connectivity index (χ2n) is 17.5. The molecule has 0 radical (unpaired) electrons. The van der Waals surface area contributed by atoms with Gasteiger partial charge in [0.05, 0.1) is 21.6 Å². The first-order chi connectivity index (χ1) is 28.0. The van der Waals surface area contributed by atoms with E-state index < -0.39 is 8.07 Å². The van der Waals surface area contributed by atoms with Gasteiger partial charge in [-0.25, -0.2) is 4.98 Å². The molecule has 0 atom stereocenters. The van der Waals surface area contributed by atoms with Crippen LogP contribution in [0.1, 0.15) is 71.0 Å². The van der Waals surface area contributed by atoms with Gasteiger partial charge in [0, 0.05) is 11.1 Å². The van der Waals surface area contributed by atoms with E-state index in [1.165, 1.54) is 53.3 Å². The Bertz CT molecular complexity index is 2960. The molecule has 1 spiro atoms. The Kier molecular flexibility index (Phi) is 8.18. The van der Waals surface area contributed by atoms with Crippen LogP contribution in [-0.4, -0.2) is 17.5 Å². The van der Waals surface area contributed by atoms with Gasteiger partial charge in [0.15, 0.2) is 13.0 Å². The van der Waals surface area contributed by atoms with Crippen LogP contribution in [0.2, 0.25) is 0 Å². The van der Waals surface area contributed by atoms with Crippen LogP contribution < -0.4 is 30.2 Å². The van der Waals surface area contributed by atoms with Crippen LogP contribution in [0.15, 0.2) is 134 Å². The molecular weight excluding hydrogens is 745 g/mol. The number of rotatable bonds is 4. The topological polar surface area (TPSA) is 35.8 Å². The maximum Gasteiger partial charge on any atom is 0.196 e. The predicted molar refractivity (Wildman–Crippen MR) is 247 cm³/mol. The Labute approximate surface area is 345 Å². The second kappa shape index (κ2) is 13.0. The predicted octanol–water partition coefficient (Wildman–Crippen LogP) is 11.7. The highest BCUT2D eigenvalue weighted by Crippen LogP contribution is 2.51. The number of allylic oxidation sites excluding steroid dienone is 1. The minimum atomic E-state index is -2.96. The number of benzene rings is 6. The van der Waals surface area contributed by atoms with Crippen molar-refractivity contribution >= 4 is 67.5 Å². The molecule has 10 rings (SSSR count). The molecule has 0 saturated carbocycles. The molecule has 4 heterocycles. The average Bonchev–Trinajstić information content (AvgIpc) is 3.75. The van der Waals surface area contributed by atoms with Crippen LogP contribution in [0.3, 0.4) is 0 Å². The van der Waals surface area contributed by atoms with E-state index in [1.807, 2.05) is 6.08 Å². The van der Waals surface area contributed by atoms with Crippen molar-refractivity contribution in [2.75, 3.05) is 0 Å². The fourth-order valence-electron chi connectivity index (χ4n) is 9.65.